The summed E-state index contributed by atoms with van der Waals surface area (Å²) in [6, 6.07) is 8.49. The molecule has 3 heterocycles. The number of anilines is 1. The third kappa shape index (κ3) is 3.18. The quantitative estimate of drug-likeness (QED) is 0.836. The Hall–Kier alpha value is -2.43. The van der Waals surface area contributed by atoms with Crippen LogP contribution in [0.2, 0.25) is 0 Å². The van der Waals surface area contributed by atoms with Crippen molar-refractivity contribution >= 4 is 11.7 Å². The Morgan fingerprint density at radius 3 is 2.54 bits per heavy atom. The molecule has 5 nitrogen and oxygen atoms in total. The standard InChI is InChI=1S/C21H26N4O/c1-15-16(2)22-14-23-20(15)24-10-8-18(9-11-24)21(26)25-12-7-17-5-3-4-6-19(17)13-25/h3-6,14,18H,7-13H2,1-2H3. The summed E-state index contributed by atoms with van der Waals surface area (Å²) in [6.45, 7) is 7.48. The zero-order valence-corrected chi connectivity index (χ0v) is 15.6. The van der Waals surface area contributed by atoms with E-state index in [0.29, 0.717) is 5.91 Å². The highest BCUT2D eigenvalue weighted by molar-refractivity contribution is 5.79. The van der Waals surface area contributed by atoms with E-state index in [-0.39, 0.29) is 5.92 Å². The van der Waals surface area contributed by atoms with E-state index in [1.54, 1.807) is 6.33 Å². The number of carbonyl (C=O) groups is 1. The summed E-state index contributed by atoms with van der Waals surface area (Å²) in [5, 5.41) is 0. The van der Waals surface area contributed by atoms with Gasteiger partial charge < -0.3 is 9.80 Å². The molecule has 0 radical (unpaired) electrons. The average Bonchev–Trinajstić information content (AvgIpc) is 2.69. The molecule has 1 aromatic carbocycles. The van der Waals surface area contributed by atoms with E-state index in [1.807, 2.05) is 6.92 Å². The number of fused-ring (bicyclic) bond motifs is 1. The van der Waals surface area contributed by atoms with Gasteiger partial charge in [0.15, 0.2) is 0 Å². The van der Waals surface area contributed by atoms with Gasteiger partial charge in [0.05, 0.1) is 0 Å². The number of aromatic nitrogens is 2. The second-order valence-electron chi connectivity index (χ2n) is 7.45. The van der Waals surface area contributed by atoms with Crippen LogP contribution in [-0.2, 0) is 17.8 Å². The van der Waals surface area contributed by atoms with Crippen molar-refractivity contribution in [1.82, 2.24) is 14.9 Å². The van der Waals surface area contributed by atoms with Crippen LogP contribution in [0.1, 0.15) is 35.2 Å². The van der Waals surface area contributed by atoms with E-state index >= 15 is 0 Å². The molecule has 5 heteroatoms. The van der Waals surface area contributed by atoms with Gasteiger partial charge in [0, 0.05) is 43.4 Å². The fourth-order valence-corrected chi connectivity index (χ4v) is 4.12. The molecule has 0 saturated carbocycles. The third-order valence-corrected chi connectivity index (χ3v) is 5.90. The minimum Gasteiger partial charge on any atom is -0.356 e. The number of hydrogen-bond acceptors (Lipinski definition) is 4. The Balaban J connectivity index is 1.39. The van der Waals surface area contributed by atoms with Crippen molar-refractivity contribution in [3.63, 3.8) is 0 Å². The number of rotatable bonds is 2. The molecule has 2 aliphatic rings. The van der Waals surface area contributed by atoms with E-state index in [4.69, 9.17) is 0 Å². The minimum absolute atomic E-state index is 0.139. The first-order valence-electron chi connectivity index (χ1n) is 9.52. The zero-order chi connectivity index (χ0) is 18.1. The molecular weight excluding hydrogens is 324 g/mol. The smallest absolute Gasteiger partial charge is 0.226 e. The fourth-order valence-electron chi connectivity index (χ4n) is 4.12. The van der Waals surface area contributed by atoms with Crippen molar-refractivity contribution in [1.29, 1.82) is 0 Å². The van der Waals surface area contributed by atoms with E-state index in [0.717, 1.165) is 62.5 Å². The second kappa shape index (κ2) is 7.06. The molecule has 0 aliphatic carbocycles. The van der Waals surface area contributed by atoms with Crippen molar-refractivity contribution in [2.45, 2.75) is 39.7 Å². The predicted molar refractivity (Wildman–Crippen MR) is 102 cm³/mol. The Bertz CT molecular complexity index is 811. The number of aryl methyl sites for hydroxylation is 1. The number of piperidine rings is 1. The normalized spacial score (nSPS) is 17.9. The van der Waals surface area contributed by atoms with Crippen LogP contribution in [0.5, 0.6) is 0 Å². The Morgan fingerprint density at radius 2 is 1.77 bits per heavy atom. The molecule has 0 atom stereocenters. The third-order valence-electron chi connectivity index (χ3n) is 5.90. The Labute approximate surface area is 155 Å². The van der Waals surface area contributed by atoms with Crippen molar-refractivity contribution in [3.05, 3.63) is 53.0 Å². The van der Waals surface area contributed by atoms with Crippen LogP contribution in [0.4, 0.5) is 5.82 Å². The Morgan fingerprint density at radius 1 is 1.04 bits per heavy atom. The number of carbonyl (C=O) groups excluding carboxylic acids is 1. The monoisotopic (exact) mass is 350 g/mol. The van der Waals surface area contributed by atoms with Crippen LogP contribution in [0.3, 0.4) is 0 Å². The molecular formula is C21H26N4O. The number of amides is 1. The van der Waals surface area contributed by atoms with Gasteiger partial charge in [-0.3, -0.25) is 4.79 Å². The van der Waals surface area contributed by atoms with Gasteiger partial charge in [0.2, 0.25) is 5.91 Å². The summed E-state index contributed by atoms with van der Waals surface area (Å²) < 4.78 is 0. The van der Waals surface area contributed by atoms with Gasteiger partial charge in [0.25, 0.3) is 0 Å². The van der Waals surface area contributed by atoms with Crippen LogP contribution in [0.15, 0.2) is 30.6 Å². The summed E-state index contributed by atoms with van der Waals surface area (Å²) >= 11 is 0. The minimum atomic E-state index is 0.139. The van der Waals surface area contributed by atoms with Gasteiger partial charge in [-0.05, 0) is 44.2 Å². The first kappa shape index (κ1) is 17.0. The summed E-state index contributed by atoms with van der Waals surface area (Å²) in [6.07, 6.45) is 4.42. The molecule has 26 heavy (non-hydrogen) atoms. The molecule has 0 bridgehead atoms. The topological polar surface area (TPSA) is 49.3 Å². The molecule has 1 amide bonds. The molecule has 0 unspecified atom stereocenters. The van der Waals surface area contributed by atoms with Gasteiger partial charge >= 0.3 is 0 Å². The van der Waals surface area contributed by atoms with Gasteiger partial charge in [0.1, 0.15) is 12.1 Å². The molecule has 136 valence electrons. The van der Waals surface area contributed by atoms with Crippen LogP contribution in [0, 0.1) is 19.8 Å². The number of nitrogens with zero attached hydrogens (tertiary/aromatic N) is 4. The highest BCUT2D eigenvalue weighted by atomic mass is 16.2. The summed E-state index contributed by atoms with van der Waals surface area (Å²) in [5.74, 6) is 1.49. The maximum absolute atomic E-state index is 13.0. The zero-order valence-electron chi connectivity index (χ0n) is 15.6. The fraction of sp³-hybridized carbons (Fsp3) is 0.476. The maximum atomic E-state index is 13.0. The van der Waals surface area contributed by atoms with Crippen molar-refractivity contribution in [2.24, 2.45) is 5.92 Å². The van der Waals surface area contributed by atoms with Crippen LogP contribution >= 0.6 is 0 Å². The number of hydrogen-bond donors (Lipinski definition) is 0. The lowest BCUT2D eigenvalue weighted by Gasteiger charge is -2.37. The molecule has 1 saturated heterocycles. The lowest BCUT2D eigenvalue weighted by molar-refractivity contribution is -0.137. The van der Waals surface area contributed by atoms with E-state index in [2.05, 4.69) is 51.0 Å². The molecule has 1 aromatic heterocycles. The van der Waals surface area contributed by atoms with Gasteiger partial charge in [-0.25, -0.2) is 9.97 Å². The predicted octanol–water partition coefficient (Wildman–Crippen LogP) is 2.89. The van der Waals surface area contributed by atoms with Crippen molar-refractivity contribution in [2.75, 3.05) is 24.5 Å². The van der Waals surface area contributed by atoms with Crippen LogP contribution in [0.25, 0.3) is 0 Å². The molecule has 0 N–H and O–H groups in total. The van der Waals surface area contributed by atoms with Gasteiger partial charge in [-0.2, -0.15) is 0 Å². The van der Waals surface area contributed by atoms with Crippen molar-refractivity contribution < 1.29 is 4.79 Å². The van der Waals surface area contributed by atoms with E-state index in [1.165, 1.54) is 11.1 Å². The molecule has 4 rings (SSSR count). The highest BCUT2D eigenvalue weighted by Gasteiger charge is 2.31. The Kier molecular flexibility index (Phi) is 4.62. The van der Waals surface area contributed by atoms with Gasteiger partial charge in [-0.1, -0.05) is 24.3 Å². The van der Waals surface area contributed by atoms with E-state index < -0.39 is 0 Å². The molecule has 1 fully saturated rings. The lowest BCUT2D eigenvalue weighted by atomic mass is 9.93. The first-order chi connectivity index (χ1) is 12.6. The largest absolute Gasteiger partial charge is 0.356 e. The van der Waals surface area contributed by atoms with Gasteiger partial charge in [-0.15, -0.1) is 0 Å². The average molecular weight is 350 g/mol. The number of benzene rings is 1. The van der Waals surface area contributed by atoms with Crippen LogP contribution in [-0.4, -0.2) is 40.4 Å². The van der Waals surface area contributed by atoms with Crippen molar-refractivity contribution in [3.8, 4) is 0 Å². The lowest BCUT2D eigenvalue weighted by Crippen LogP contribution is -2.44. The van der Waals surface area contributed by atoms with Crippen LogP contribution < -0.4 is 4.90 Å². The summed E-state index contributed by atoms with van der Waals surface area (Å²) in [4.78, 5) is 26.1. The SMILES string of the molecule is Cc1ncnc(N2CCC(C(=O)N3CCc4ccccc4C3)CC2)c1C. The molecule has 2 aromatic rings. The second-order valence-corrected chi connectivity index (χ2v) is 7.45. The molecule has 2 aliphatic heterocycles. The van der Waals surface area contributed by atoms with E-state index in [9.17, 15) is 4.79 Å². The summed E-state index contributed by atoms with van der Waals surface area (Å²) in [5.41, 5.74) is 4.86. The molecule has 0 spiro atoms. The highest BCUT2D eigenvalue weighted by Crippen LogP contribution is 2.28. The maximum Gasteiger partial charge on any atom is 0.226 e. The first-order valence-corrected chi connectivity index (χ1v) is 9.52. The summed E-state index contributed by atoms with van der Waals surface area (Å²) in [7, 11) is 0.